The molecule has 1 amide bonds. The minimum absolute atomic E-state index is 0.0360. The second-order valence-corrected chi connectivity index (χ2v) is 5.48. The summed E-state index contributed by atoms with van der Waals surface area (Å²) < 4.78 is 0. The molecule has 1 saturated carbocycles. The van der Waals surface area contributed by atoms with Crippen molar-refractivity contribution in [1.82, 2.24) is 10.2 Å². The predicted molar refractivity (Wildman–Crippen MR) is 72.5 cm³/mol. The van der Waals surface area contributed by atoms with Crippen LogP contribution in [0, 0.1) is 5.92 Å². The van der Waals surface area contributed by atoms with Gasteiger partial charge in [0.1, 0.15) is 0 Å². The number of carbonyl (C=O) groups excluding carboxylic acids is 1. The van der Waals surface area contributed by atoms with E-state index in [9.17, 15) is 4.79 Å². The van der Waals surface area contributed by atoms with Crippen LogP contribution in [0.3, 0.4) is 0 Å². The average Bonchev–Trinajstić information content (AvgIpc) is 2.36. The predicted octanol–water partition coefficient (Wildman–Crippen LogP) is 0.808. The molecule has 0 aromatic rings. The fourth-order valence-electron chi connectivity index (χ4n) is 2.87. The molecule has 1 heterocycles. The van der Waals surface area contributed by atoms with E-state index in [-0.39, 0.29) is 11.9 Å². The Kier molecular flexibility index (Phi) is 4.24. The van der Waals surface area contributed by atoms with Crippen molar-refractivity contribution in [2.75, 3.05) is 13.6 Å². The van der Waals surface area contributed by atoms with E-state index in [1.807, 2.05) is 11.9 Å². The summed E-state index contributed by atoms with van der Waals surface area (Å²) in [5, 5.41) is 3.06. The number of amides is 1. The maximum absolute atomic E-state index is 11.8. The van der Waals surface area contributed by atoms with Gasteiger partial charge in [-0.25, -0.2) is 0 Å². The van der Waals surface area contributed by atoms with Gasteiger partial charge in [0.2, 0.25) is 0 Å². The Bertz CT molecular complexity index is 300. The molecule has 1 unspecified atom stereocenters. The molecule has 17 heavy (non-hydrogen) atoms. The van der Waals surface area contributed by atoms with Crippen molar-refractivity contribution in [3.05, 3.63) is 0 Å². The molecule has 0 bridgehead atoms. The van der Waals surface area contributed by atoms with Crippen LogP contribution >= 0.6 is 0 Å². The molecule has 0 aromatic heterocycles. The monoisotopic (exact) mass is 234 g/mol. The molecule has 0 aromatic carbocycles. The molecule has 0 radical (unpaired) electrons. The topological polar surface area (TPSA) is 32.3 Å². The van der Waals surface area contributed by atoms with Crippen molar-refractivity contribution in [3.8, 4) is 0 Å². The van der Waals surface area contributed by atoms with Crippen molar-refractivity contribution < 1.29 is 4.79 Å². The summed E-state index contributed by atoms with van der Waals surface area (Å²) in [6.45, 7) is 0.848. The van der Waals surface area contributed by atoms with E-state index in [0.717, 1.165) is 30.9 Å². The van der Waals surface area contributed by atoms with E-state index in [4.69, 9.17) is 0 Å². The van der Waals surface area contributed by atoms with Crippen LogP contribution in [0.5, 0.6) is 0 Å². The molecular weight excluding hydrogens is 211 g/mol. The number of nitrogens with zero attached hydrogens (tertiary/aromatic N) is 1. The van der Waals surface area contributed by atoms with Gasteiger partial charge in [0.25, 0.3) is 0 Å². The van der Waals surface area contributed by atoms with Gasteiger partial charge in [-0.05, 0) is 0 Å². The first-order chi connectivity index (χ1) is 8.18. The van der Waals surface area contributed by atoms with Crippen LogP contribution in [0.15, 0.2) is 0 Å². The van der Waals surface area contributed by atoms with Gasteiger partial charge in [-0.2, -0.15) is 0 Å². The second-order valence-electron chi connectivity index (χ2n) is 5.48. The van der Waals surface area contributed by atoms with Gasteiger partial charge in [-0.1, -0.05) is 0 Å². The first kappa shape index (κ1) is 12.7. The molecule has 2 fully saturated rings. The fraction of sp³-hybridized carbons (Fsp3) is 0.846. The summed E-state index contributed by atoms with van der Waals surface area (Å²) in [6.07, 6.45) is 8.85. The number of hydrogen-bond acceptors (Lipinski definition) is 2. The average molecular weight is 234 g/mol. The zero-order chi connectivity index (χ0) is 12.3. The van der Waals surface area contributed by atoms with Gasteiger partial charge >= 0.3 is 104 Å². The van der Waals surface area contributed by atoms with Crippen molar-refractivity contribution in [2.24, 2.45) is 5.92 Å². The summed E-state index contributed by atoms with van der Waals surface area (Å²) in [6, 6.07) is 0.0360. The van der Waals surface area contributed by atoms with Crippen LogP contribution < -0.4 is 5.32 Å². The third-order valence-corrected chi connectivity index (χ3v) is 4.27. The van der Waals surface area contributed by atoms with Gasteiger partial charge in [-0.3, -0.25) is 0 Å². The Morgan fingerprint density at radius 2 is 2.12 bits per heavy atom. The number of nitrogens with one attached hydrogen (secondary N) is 1. The number of likely N-dealkylation sites (tertiary alicyclic amines) is 1. The third-order valence-electron chi connectivity index (χ3n) is 4.27. The number of hydrogen-bond donors (Lipinski definition) is 1. The molecule has 0 spiro atoms. The Balaban J connectivity index is 1.61. The molecule has 1 aliphatic carbocycles. The van der Waals surface area contributed by atoms with E-state index >= 15 is 0 Å². The molecule has 94 valence electrons. The van der Waals surface area contributed by atoms with Crippen LogP contribution in [0.2, 0.25) is 0 Å². The van der Waals surface area contributed by atoms with Crippen molar-refractivity contribution in [2.45, 2.75) is 51.0 Å². The SMILES string of the molecule is B=C1CC(C(=O)NCCC2CCCCC2)N1C. The standard InChI is InChI=1S/C13H23BN2O/c1-16-11(9-12(16)14)13(17)15-8-7-10-5-3-2-4-6-10/h10-11,14H,2-9H2,1H3,(H,15,17). The van der Waals surface area contributed by atoms with E-state index in [1.165, 1.54) is 32.1 Å². The first-order valence-electron chi connectivity index (χ1n) is 6.87. The van der Waals surface area contributed by atoms with Crippen LogP contribution in [0.4, 0.5) is 0 Å². The van der Waals surface area contributed by atoms with Crippen LogP contribution in [0.1, 0.15) is 44.9 Å². The maximum atomic E-state index is 11.8. The summed E-state index contributed by atoms with van der Waals surface area (Å²) in [4.78, 5) is 13.8. The van der Waals surface area contributed by atoms with Crippen molar-refractivity contribution >= 4 is 19.0 Å². The Hall–Kier alpha value is -0.795. The van der Waals surface area contributed by atoms with Crippen LogP contribution in [-0.4, -0.2) is 43.5 Å². The number of likely N-dealkylation sites (N-methyl/N-ethyl adjacent to an activating group) is 1. The van der Waals surface area contributed by atoms with Gasteiger partial charge in [0, 0.05) is 0 Å². The van der Waals surface area contributed by atoms with Crippen LogP contribution in [-0.2, 0) is 4.79 Å². The van der Waals surface area contributed by atoms with E-state index in [0.29, 0.717) is 0 Å². The molecule has 3 nitrogen and oxygen atoms in total. The fourth-order valence-corrected chi connectivity index (χ4v) is 2.87. The molecule has 1 saturated heterocycles. The molecule has 1 atom stereocenters. The first-order valence-corrected chi connectivity index (χ1v) is 6.87. The Labute approximate surface area is 105 Å². The summed E-state index contributed by atoms with van der Waals surface area (Å²) >= 11 is 0. The van der Waals surface area contributed by atoms with E-state index in [1.54, 1.807) is 0 Å². The van der Waals surface area contributed by atoms with E-state index in [2.05, 4.69) is 12.8 Å². The molecular formula is C13H23BN2O. The number of rotatable bonds is 4. The van der Waals surface area contributed by atoms with Gasteiger partial charge < -0.3 is 0 Å². The molecule has 1 N–H and O–H groups in total. The Morgan fingerprint density at radius 1 is 1.41 bits per heavy atom. The summed E-state index contributed by atoms with van der Waals surface area (Å²) in [5.41, 5.74) is 1.07. The minimum atomic E-state index is 0.0360. The van der Waals surface area contributed by atoms with Crippen LogP contribution in [0.25, 0.3) is 0 Å². The summed E-state index contributed by atoms with van der Waals surface area (Å²) in [7, 11) is 5.82. The number of carbonyl (C=O) groups is 1. The zero-order valence-corrected chi connectivity index (χ0v) is 10.9. The zero-order valence-electron chi connectivity index (χ0n) is 10.9. The van der Waals surface area contributed by atoms with Crippen molar-refractivity contribution in [1.29, 1.82) is 0 Å². The van der Waals surface area contributed by atoms with Gasteiger partial charge in [-0.15, -0.1) is 0 Å². The Morgan fingerprint density at radius 3 is 2.71 bits per heavy atom. The normalized spacial score (nSPS) is 25.5. The van der Waals surface area contributed by atoms with Gasteiger partial charge in [0.05, 0.1) is 0 Å². The summed E-state index contributed by atoms with van der Waals surface area (Å²) in [5.74, 6) is 1.02. The third kappa shape index (κ3) is 3.11. The van der Waals surface area contributed by atoms with E-state index < -0.39 is 0 Å². The molecule has 2 aliphatic rings. The molecule has 2 rings (SSSR count). The molecule has 4 heteroatoms. The van der Waals surface area contributed by atoms with Gasteiger partial charge in [0.15, 0.2) is 0 Å². The second kappa shape index (κ2) is 5.70. The quantitative estimate of drug-likeness (QED) is 0.730. The van der Waals surface area contributed by atoms with Crippen molar-refractivity contribution in [3.63, 3.8) is 0 Å². The molecule has 1 aliphatic heterocycles.